The molecular formula is C41H47N5O9S. The summed E-state index contributed by atoms with van der Waals surface area (Å²) < 4.78 is 46.6. The lowest BCUT2D eigenvalue weighted by Gasteiger charge is -2.30. The van der Waals surface area contributed by atoms with Gasteiger partial charge in [-0.1, -0.05) is 49.3 Å². The second kappa shape index (κ2) is 14.4. The number of ether oxygens (including phenoxy) is 2. The number of allylic oxidation sites excluding steroid dienone is 1. The fraction of sp³-hybridized carbons (Fsp3) is 0.488. The minimum atomic E-state index is -3.90. The highest BCUT2D eigenvalue weighted by molar-refractivity contribution is 7.91. The van der Waals surface area contributed by atoms with Gasteiger partial charge in [-0.05, 0) is 83.6 Å². The van der Waals surface area contributed by atoms with Crippen molar-refractivity contribution >= 4 is 66.8 Å². The summed E-state index contributed by atoms with van der Waals surface area (Å²) in [5.41, 5.74) is 0.00659. The van der Waals surface area contributed by atoms with Crippen LogP contribution in [0.4, 0.5) is 4.79 Å². The highest BCUT2D eigenvalue weighted by Gasteiger charge is 2.62. The maximum Gasteiger partial charge on any atom is 0.408 e. The van der Waals surface area contributed by atoms with Crippen LogP contribution in [-0.4, -0.2) is 83.2 Å². The van der Waals surface area contributed by atoms with Gasteiger partial charge in [-0.15, -0.1) is 0 Å². The summed E-state index contributed by atoms with van der Waals surface area (Å²) in [6.45, 7) is 5.17. The van der Waals surface area contributed by atoms with E-state index in [4.69, 9.17) is 18.9 Å². The Balaban J connectivity index is 1.15. The zero-order valence-electron chi connectivity index (χ0n) is 31.7. The molecular weight excluding hydrogens is 739 g/mol. The molecule has 2 aliphatic heterocycles. The summed E-state index contributed by atoms with van der Waals surface area (Å²) in [4.78, 5) is 62.4. The summed E-state index contributed by atoms with van der Waals surface area (Å²) in [7, 11) is -3.90. The van der Waals surface area contributed by atoms with Crippen molar-refractivity contribution in [2.45, 2.75) is 113 Å². The molecule has 296 valence electrons. The Morgan fingerprint density at radius 1 is 1.00 bits per heavy atom. The first-order chi connectivity index (χ1) is 26.7. The van der Waals surface area contributed by atoms with Gasteiger partial charge >= 0.3 is 6.09 Å². The third-order valence-electron chi connectivity index (χ3n) is 11.0. The topological polar surface area (TPSA) is 186 Å². The molecule has 0 spiro atoms. The number of fused-ring (bicyclic) bond motifs is 6. The van der Waals surface area contributed by atoms with Crippen LogP contribution in [0.2, 0.25) is 0 Å². The molecule has 1 saturated heterocycles. The van der Waals surface area contributed by atoms with Gasteiger partial charge in [0.2, 0.25) is 21.8 Å². The molecule has 4 heterocycles. The number of nitrogens with one attached hydrogen (secondary N) is 3. The Kier molecular flexibility index (Phi) is 9.70. The Labute approximate surface area is 324 Å². The van der Waals surface area contributed by atoms with Gasteiger partial charge in [0.25, 0.3) is 5.91 Å². The lowest BCUT2D eigenvalue weighted by atomic mass is 10.0. The molecule has 0 radical (unpaired) electrons. The molecule has 2 aromatic carbocycles. The van der Waals surface area contributed by atoms with Crippen molar-refractivity contribution in [1.82, 2.24) is 25.2 Å². The number of rotatable bonds is 6. The van der Waals surface area contributed by atoms with Gasteiger partial charge in [-0.2, -0.15) is 0 Å². The number of pyridine rings is 1. The van der Waals surface area contributed by atoms with Crippen LogP contribution in [0.25, 0.3) is 33.0 Å². The Morgan fingerprint density at radius 3 is 2.52 bits per heavy atom. The minimum Gasteiger partial charge on any atom is -0.484 e. The molecule has 2 saturated carbocycles. The standard InChI is InChI=1S/C41H47N5O9S/c1-40(2,3)55-39(50)43-30-17-8-6-4-5-7-13-24-22-41(24,38(49)45-56(51,52)26-19-20-26)44-36(47)31-21-25(23-46(31)37(30)48)53-34-27-14-9-11-16-29(27)42-33-28-15-10-12-18-32(28)54-35(33)34/h7,9-16,18,24-26,30-31H,4-6,8,17,19-23H2,1-3H3,(H,43,50)(H,44,47)(H,45,49)/t24-,25-,30+,31+,41-/m1/s1. The summed E-state index contributed by atoms with van der Waals surface area (Å²) in [5, 5.41) is 6.53. The van der Waals surface area contributed by atoms with E-state index >= 15 is 0 Å². The van der Waals surface area contributed by atoms with E-state index in [0.29, 0.717) is 65.4 Å². The van der Waals surface area contributed by atoms with E-state index < -0.39 is 74.3 Å². The van der Waals surface area contributed by atoms with Crippen LogP contribution in [-0.2, 0) is 29.1 Å². The monoisotopic (exact) mass is 785 g/mol. The van der Waals surface area contributed by atoms with Crippen molar-refractivity contribution in [1.29, 1.82) is 0 Å². The van der Waals surface area contributed by atoms with Crippen molar-refractivity contribution in [2.75, 3.05) is 6.54 Å². The Bertz CT molecular complexity index is 2360. The van der Waals surface area contributed by atoms with E-state index in [-0.39, 0.29) is 19.4 Å². The summed E-state index contributed by atoms with van der Waals surface area (Å²) in [6.07, 6.45) is 6.68. The third kappa shape index (κ3) is 7.52. The normalized spacial score (nSPS) is 26.2. The predicted molar refractivity (Wildman–Crippen MR) is 208 cm³/mol. The first kappa shape index (κ1) is 37.7. The van der Waals surface area contributed by atoms with Gasteiger partial charge in [0.05, 0.1) is 17.3 Å². The van der Waals surface area contributed by atoms with E-state index in [1.165, 1.54) is 4.90 Å². The molecule has 4 aromatic rings. The average Bonchev–Trinajstić information content (AvgIpc) is 4.04. The first-order valence-corrected chi connectivity index (χ1v) is 21.0. The first-order valence-electron chi connectivity index (χ1n) is 19.4. The molecule has 4 aliphatic rings. The van der Waals surface area contributed by atoms with Gasteiger partial charge in [0.1, 0.15) is 40.4 Å². The Hall–Kier alpha value is -5.18. The van der Waals surface area contributed by atoms with Gasteiger partial charge in [0.15, 0.2) is 11.3 Å². The molecule has 15 heteroatoms. The summed E-state index contributed by atoms with van der Waals surface area (Å²) in [6, 6.07) is 12.9. The molecule has 56 heavy (non-hydrogen) atoms. The number of aromatic nitrogens is 1. The Morgan fingerprint density at radius 2 is 1.75 bits per heavy atom. The van der Waals surface area contributed by atoms with Crippen LogP contribution in [0.5, 0.6) is 5.75 Å². The summed E-state index contributed by atoms with van der Waals surface area (Å²) >= 11 is 0. The SMILES string of the molecule is CC(C)(C)OC(=O)N[C@H]1CCCCCC=C[C@@H]2C[C@@]2(C(=O)NS(=O)(=O)C2CC2)NC(=O)[C@@H]2C[C@@H](Oc3c4ccccc4nc4c3oc3ccccc34)CN2C1=O. The van der Waals surface area contributed by atoms with E-state index in [1.807, 2.05) is 60.7 Å². The number of para-hydroxylation sites is 2. The molecule has 5 atom stereocenters. The van der Waals surface area contributed by atoms with E-state index in [2.05, 4.69) is 15.4 Å². The van der Waals surface area contributed by atoms with Gasteiger partial charge in [0, 0.05) is 23.1 Å². The molecule has 3 N–H and O–H groups in total. The molecule has 14 nitrogen and oxygen atoms in total. The van der Waals surface area contributed by atoms with Crippen molar-refractivity contribution in [3.63, 3.8) is 0 Å². The highest BCUT2D eigenvalue weighted by Crippen LogP contribution is 2.46. The largest absolute Gasteiger partial charge is 0.484 e. The molecule has 0 bridgehead atoms. The minimum absolute atomic E-state index is 0.0274. The molecule has 3 fully saturated rings. The number of sulfonamides is 1. The van der Waals surface area contributed by atoms with Crippen LogP contribution in [0, 0.1) is 5.92 Å². The fourth-order valence-electron chi connectivity index (χ4n) is 7.88. The second-order valence-electron chi connectivity index (χ2n) is 16.4. The number of nitrogens with zero attached hydrogens (tertiary/aromatic N) is 2. The van der Waals surface area contributed by atoms with Crippen molar-refractivity contribution in [3.8, 4) is 5.75 Å². The zero-order valence-corrected chi connectivity index (χ0v) is 32.5. The molecule has 0 unspecified atom stereocenters. The van der Waals surface area contributed by atoms with Crippen LogP contribution < -0.4 is 20.1 Å². The number of hydrogen-bond acceptors (Lipinski definition) is 10. The van der Waals surface area contributed by atoms with E-state index in [0.717, 1.165) is 18.2 Å². The second-order valence-corrected chi connectivity index (χ2v) is 18.4. The molecule has 2 aliphatic carbocycles. The van der Waals surface area contributed by atoms with Crippen molar-refractivity contribution < 1.29 is 41.5 Å². The van der Waals surface area contributed by atoms with Crippen LogP contribution in [0.1, 0.15) is 78.6 Å². The van der Waals surface area contributed by atoms with Gasteiger partial charge in [-0.25, -0.2) is 18.2 Å². The maximum absolute atomic E-state index is 14.6. The smallest absolute Gasteiger partial charge is 0.408 e. The predicted octanol–water partition coefficient (Wildman–Crippen LogP) is 5.38. The summed E-state index contributed by atoms with van der Waals surface area (Å²) in [5.74, 6) is -1.93. The lowest BCUT2D eigenvalue weighted by molar-refractivity contribution is -0.141. The number of amides is 4. The zero-order chi connectivity index (χ0) is 39.4. The van der Waals surface area contributed by atoms with Crippen LogP contribution in [0.3, 0.4) is 0 Å². The quantitative estimate of drug-likeness (QED) is 0.215. The molecule has 8 rings (SSSR count). The molecule has 4 amide bonds. The number of carbonyl (C=O) groups excluding carboxylic acids is 4. The third-order valence-corrected chi connectivity index (χ3v) is 12.8. The van der Waals surface area contributed by atoms with Crippen molar-refractivity contribution in [2.24, 2.45) is 5.92 Å². The molecule has 2 aromatic heterocycles. The number of furan rings is 1. The average molecular weight is 786 g/mol. The van der Waals surface area contributed by atoms with Crippen molar-refractivity contribution in [3.05, 3.63) is 60.7 Å². The lowest BCUT2D eigenvalue weighted by Crippen LogP contribution is -2.58. The number of benzene rings is 2. The van der Waals surface area contributed by atoms with Crippen LogP contribution in [0.15, 0.2) is 65.1 Å². The van der Waals surface area contributed by atoms with Gasteiger partial charge in [-0.3, -0.25) is 19.1 Å². The van der Waals surface area contributed by atoms with E-state index in [9.17, 15) is 27.6 Å². The fourth-order valence-corrected chi connectivity index (χ4v) is 9.25. The van der Waals surface area contributed by atoms with E-state index in [1.54, 1.807) is 20.8 Å². The number of hydrogen-bond donors (Lipinski definition) is 3. The maximum atomic E-state index is 14.6. The van der Waals surface area contributed by atoms with Gasteiger partial charge < -0.3 is 29.4 Å². The highest BCUT2D eigenvalue weighted by atomic mass is 32.2. The number of alkyl carbamates (subject to hydrolysis) is 1. The number of carbonyl (C=O) groups is 4. The van der Waals surface area contributed by atoms with Crippen LogP contribution >= 0.6 is 0 Å².